The van der Waals surface area contributed by atoms with E-state index < -0.39 is 0 Å². The summed E-state index contributed by atoms with van der Waals surface area (Å²) >= 11 is 1.65. The molecule has 1 aliphatic heterocycles. The Labute approximate surface area is 167 Å². The topological polar surface area (TPSA) is 52.3 Å². The van der Waals surface area contributed by atoms with Gasteiger partial charge in [-0.15, -0.1) is 27.2 Å². The second kappa shape index (κ2) is 7.63. The van der Waals surface area contributed by atoms with Gasteiger partial charge in [0.05, 0.1) is 12.8 Å². The van der Waals surface area contributed by atoms with Gasteiger partial charge in [0.25, 0.3) is 0 Å². The van der Waals surface area contributed by atoms with Crippen molar-refractivity contribution in [3.8, 4) is 17.1 Å². The number of ether oxygens (including phenoxy) is 1. The van der Waals surface area contributed by atoms with Gasteiger partial charge in [0, 0.05) is 11.3 Å². The van der Waals surface area contributed by atoms with Crippen LogP contribution < -0.4 is 4.74 Å². The second-order valence-corrected chi connectivity index (χ2v) is 6.93. The predicted octanol–water partition coefficient (Wildman–Crippen LogP) is 4.51. The predicted molar refractivity (Wildman–Crippen MR) is 111 cm³/mol. The van der Waals surface area contributed by atoms with Crippen LogP contribution in [0.3, 0.4) is 0 Å². The molecule has 26 heavy (non-hydrogen) atoms. The lowest BCUT2D eigenvalue weighted by atomic mass is 10.0. The Bertz CT molecular complexity index is 983. The van der Waals surface area contributed by atoms with Gasteiger partial charge in [0.2, 0.25) is 5.16 Å². The molecular weight excluding hydrogens is 412 g/mol. The number of hydrogen-bond acceptors (Lipinski definition) is 5. The SMILES string of the molecule is Br.COc1cccc(-c2nnc3n2N=C(c2ccc(C)c(C)c2)CS3)c1. The van der Waals surface area contributed by atoms with E-state index in [-0.39, 0.29) is 17.0 Å². The maximum atomic E-state index is 5.31. The molecule has 7 heteroatoms. The maximum Gasteiger partial charge on any atom is 0.212 e. The summed E-state index contributed by atoms with van der Waals surface area (Å²) in [6.07, 6.45) is 0. The number of fused-ring (bicyclic) bond motifs is 1. The number of benzene rings is 2. The average molecular weight is 431 g/mol. The van der Waals surface area contributed by atoms with Gasteiger partial charge >= 0.3 is 0 Å². The molecule has 1 aliphatic rings. The Balaban J connectivity index is 0.00000196. The highest BCUT2D eigenvalue weighted by atomic mass is 79.9. The van der Waals surface area contributed by atoms with Crippen LogP contribution in [0, 0.1) is 13.8 Å². The third-order valence-electron chi connectivity index (χ3n) is 4.34. The zero-order valence-corrected chi connectivity index (χ0v) is 17.3. The van der Waals surface area contributed by atoms with E-state index in [1.165, 1.54) is 11.1 Å². The van der Waals surface area contributed by atoms with Crippen molar-refractivity contribution in [1.82, 2.24) is 14.9 Å². The van der Waals surface area contributed by atoms with Crippen LogP contribution in [0.15, 0.2) is 52.7 Å². The van der Waals surface area contributed by atoms with Crippen LogP contribution in [0.2, 0.25) is 0 Å². The van der Waals surface area contributed by atoms with Crippen molar-refractivity contribution in [3.63, 3.8) is 0 Å². The number of halogens is 1. The van der Waals surface area contributed by atoms with E-state index in [0.717, 1.165) is 39.3 Å². The molecule has 0 N–H and O–H groups in total. The number of rotatable bonds is 3. The third-order valence-corrected chi connectivity index (χ3v) is 5.27. The summed E-state index contributed by atoms with van der Waals surface area (Å²) in [7, 11) is 1.66. The largest absolute Gasteiger partial charge is 0.497 e. The minimum Gasteiger partial charge on any atom is -0.497 e. The molecule has 1 aromatic heterocycles. The maximum absolute atomic E-state index is 5.31. The van der Waals surface area contributed by atoms with Gasteiger partial charge in [-0.25, -0.2) is 0 Å². The first-order valence-corrected chi connectivity index (χ1v) is 9.02. The summed E-state index contributed by atoms with van der Waals surface area (Å²) in [6, 6.07) is 14.3. The van der Waals surface area contributed by atoms with Crippen molar-refractivity contribution in [3.05, 3.63) is 59.2 Å². The quantitative estimate of drug-likeness (QED) is 0.613. The Morgan fingerprint density at radius 1 is 1.00 bits per heavy atom. The molecule has 0 saturated carbocycles. The smallest absolute Gasteiger partial charge is 0.212 e. The van der Waals surface area contributed by atoms with Gasteiger partial charge in [-0.1, -0.05) is 36.0 Å². The Morgan fingerprint density at radius 3 is 2.62 bits per heavy atom. The van der Waals surface area contributed by atoms with Crippen LogP contribution >= 0.6 is 28.7 Å². The Morgan fingerprint density at radius 2 is 1.85 bits per heavy atom. The van der Waals surface area contributed by atoms with Crippen LogP contribution in [-0.4, -0.2) is 33.4 Å². The zero-order valence-electron chi connectivity index (χ0n) is 14.8. The van der Waals surface area contributed by atoms with Gasteiger partial charge in [0.1, 0.15) is 5.75 Å². The van der Waals surface area contributed by atoms with E-state index in [2.05, 4.69) is 42.2 Å². The van der Waals surface area contributed by atoms with Crippen LogP contribution in [0.1, 0.15) is 16.7 Å². The molecule has 0 bridgehead atoms. The molecule has 0 amide bonds. The fraction of sp³-hybridized carbons (Fsp3) is 0.211. The molecule has 0 radical (unpaired) electrons. The number of methoxy groups -OCH3 is 1. The van der Waals surface area contributed by atoms with Crippen molar-refractivity contribution in [1.29, 1.82) is 0 Å². The molecule has 2 heterocycles. The fourth-order valence-electron chi connectivity index (χ4n) is 2.73. The van der Waals surface area contributed by atoms with Crippen molar-refractivity contribution < 1.29 is 4.74 Å². The van der Waals surface area contributed by atoms with E-state index in [1.54, 1.807) is 18.9 Å². The van der Waals surface area contributed by atoms with Crippen molar-refractivity contribution in [2.24, 2.45) is 5.10 Å². The highest BCUT2D eigenvalue weighted by Crippen LogP contribution is 2.30. The molecular formula is C19H19BrN4OS. The Kier molecular flexibility index (Phi) is 5.48. The van der Waals surface area contributed by atoms with Crippen LogP contribution in [0.4, 0.5) is 0 Å². The standard InChI is InChI=1S/C19H18N4OS.BrH/c1-12-7-8-14(9-13(12)2)17-11-25-19-21-20-18(23(19)22-17)15-5-4-6-16(10-15)24-3;/h4-10H,11H2,1-3H3;1H. The van der Waals surface area contributed by atoms with Crippen LogP contribution in [-0.2, 0) is 0 Å². The van der Waals surface area contributed by atoms with Crippen molar-refractivity contribution >= 4 is 34.5 Å². The van der Waals surface area contributed by atoms with Gasteiger partial charge in [-0.3, -0.25) is 0 Å². The lowest BCUT2D eigenvalue weighted by Gasteiger charge is -2.15. The molecule has 0 spiro atoms. The van der Waals surface area contributed by atoms with Crippen LogP contribution in [0.5, 0.6) is 5.75 Å². The lowest BCUT2D eigenvalue weighted by molar-refractivity contribution is 0.415. The molecule has 5 nitrogen and oxygen atoms in total. The molecule has 134 valence electrons. The normalized spacial score (nSPS) is 12.8. The monoisotopic (exact) mass is 430 g/mol. The molecule has 0 fully saturated rings. The number of hydrogen-bond donors (Lipinski definition) is 0. The van der Waals surface area contributed by atoms with Gasteiger partial charge in [-0.2, -0.15) is 9.78 Å². The summed E-state index contributed by atoms with van der Waals surface area (Å²) in [6.45, 7) is 4.25. The van der Waals surface area contributed by atoms with E-state index in [9.17, 15) is 0 Å². The fourth-order valence-corrected chi connectivity index (χ4v) is 3.57. The molecule has 4 rings (SSSR count). The summed E-state index contributed by atoms with van der Waals surface area (Å²) in [4.78, 5) is 0. The second-order valence-electron chi connectivity index (χ2n) is 5.98. The van der Waals surface area contributed by atoms with Gasteiger partial charge in [0.15, 0.2) is 5.82 Å². The number of nitrogens with zero attached hydrogens (tertiary/aromatic N) is 4. The number of thioether (sulfide) groups is 1. The van der Waals surface area contributed by atoms with E-state index >= 15 is 0 Å². The van der Waals surface area contributed by atoms with E-state index in [4.69, 9.17) is 9.84 Å². The van der Waals surface area contributed by atoms with E-state index in [1.807, 2.05) is 28.9 Å². The Hall–Kier alpha value is -2.12. The first-order valence-electron chi connectivity index (χ1n) is 8.04. The zero-order chi connectivity index (χ0) is 17.4. The highest BCUT2D eigenvalue weighted by molar-refractivity contribution is 8.93. The number of aryl methyl sites for hydroxylation is 2. The molecule has 0 unspecified atom stereocenters. The lowest BCUT2D eigenvalue weighted by Crippen LogP contribution is -2.14. The summed E-state index contributed by atoms with van der Waals surface area (Å²) in [5.74, 6) is 2.30. The van der Waals surface area contributed by atoms with Crippen molar-refractivity contribution in [2.75, 3.05) is 12.9 Å². The molecule has 0 atom stereocenters. The summed E-state index contributed by atoms with van der Waals surface area (Å²) < 4.78 is 7.14. The molecule has 3 aromatic rings. The molecule has 2 aromatic carbocycles. The summed E-state index contributed by atoms with van der Waals surface area (Å²) in [5, 5.41) is 14.2. The first-order chi connectivity index (χ1) is 12.2. The number of aromatic nitrogens is 3. The van der Waals surface area contributed by atoms with Crippen molar-refractivity contribution in [2.45, 2.75) is 19.0 Å². The first kappa shape index (κ1) is 18.7. The highest BCUT2D eigenvalue weighted by Gasteiger charge is 2.21. The van der Waals surface area contributed by atoms with E-state index in [0.29, 0.717) is 0 Å². The van der Waals surface area contributed by atoms with Gasteiger partial charge in [-0.05, 0) is 48.7 Å². The molecule has 0 saturated heterocycles. The van der Waals surface area contributed by atoms with Gasteiger partial charge < -0.3 is 4.74 Å². The molecule has 0 aliphatic carbocycles. The third kappa shape index (κ3) is 3.41. The summed E-state index contributed by atoms with van der Waals surface area (Å²) in [5.41, 5.74) is 5.67. The van der Waals surface area contributed by atoms with Crippen LogP contribution in [0.25, 0.3) is 11.4 Å². The minimum atomic E-state index is 0. The average Bonchev–Trinajstić information content (AvgIpc) is 3.07. The minimum absolute atomic E-state index is 0.